The van der Waals surface area contributed by atoms with Crippen molar-refractivity contribution in [3.05, 3.63) is 0 Å². The van der Waals surface area contributed by atoms with Gasteiger partial charge in [0.1, 0.15) is 0 Å². The summed E-state index contributed by atoms with van der Waals surface area (Å²) < 4.78 is 14.3. The van der Waals surface area contributed by atoms with Crippen LogP contribution in [0.25, 0.3) is 0 Å². The van der Waals surface area contributed by atoms with Crippen molar-refractivity contribution >= 4 is 37.8 Å². The molecule has 1 fully saturated rings. The Morgan fingerprint density at radius 3 is 2.83 bits per heavy atom. The van der Waals surface area contributed by atoms with E-state index in [1.165, 1.54) is 7.11 Å². The second-order valence-electron chi connectivity index (χ2n) is 2.21. The highest BCUT2D eigenvalue weighted by Crippen LogP contribution is 2.34. The molecule has 12 heavy (non-hydrogen) atoms. The lowest BCUT2D eigenvalue weighted by Crippen LogP contribution is -2.49. The molecule has 1 aliphatic rings. The average Bonchev–Trinajstić information content (AvgIpc) is 2.09. The third kappa shape index (κ3) is 1.81. The predicted molar refractivity (Wildman–Crippen MR) is 51.0 cm³/mol. The number of rotatable bonds is 1. The molecule has 1 aliphatic heterocycles. The number of hydrogen-bond donors (Lipinski definition) is 1. The van der Waals surface area contributed by atoms with Crippen molar-refractivity contribution in [1.82, 2.24) is 0 Å². The Bertz CT molecular complexity index is 190. The van der Waals surface area contributed by atoms with Crippen molar-refractivity contribution in [3.8, 4) is 0 Å². The number of halogens is 2. The molecule has 4 nitrogen and oxygen atoms in total. The number of methoxy groups -OCH3 is 1. The van der Waals surface area contributed by atoms with Gasteiger partial charge in [-0.25, -0.2) is 0 Å². The van der Waals surface area contributed by atoms with Crippen molar-refractivity contribution in [2.45, 2.75) is 9.52 Å². The summed E-state index contributed by atoms with van der Waals surface area (Å²) >= 11 is 6.48. The van der Waals surface area contributed by atoms with Gasteiger partial charge >= 0.3 is 0 Å². The summed E-state index contributed by atoms with van der Waals surface area (Å²) in [5, 5.41) is 7.06. The first-order valence-corrected chi connectivity index (χ1v) is 5.03. The molecule has 0 aromatic heterocycles. The molecule has 1 heterocycles. The number of nitrogens with one attached hydrogen (secondary N) is 1. The number of hydrogen-bond acceptors (Lipinski definition) is 4. The summed E-state index contributed by atoms with van der Waals surface area (Å²) in [5.41, 5.74) is 0. The monoisotopic (exact) mass is 301 g/mol. The van der Waals surface area contributed by atoms with Crippen LogP contribution < -0.4 is 0 Å². The van der Waals surface area contributed by atoms with Gasteiger partial charge in [-0.1, -0.05) is 15.9 Å². The van der Waals surface area contributed by atoms with Crippen molar-refractivity contribution in [3.63, 3.8) is 0 Å². The first kappa shape index (κ1) is 10.4. The van der Waals surface area contributed by atoms with Crippen LogP contribution in [0.3, 0.4) is 0 Å². The second-order valence-corrected chi connectivity index (χ2v) is 4.22. The molecule has 2 unspecified atom stereocenters. The average molecular weight is 303 g/mol. The van der Waals surface area contributed by atoms with Gasteiger partial charge in [-0.3, -0.25) is 5.41 Å². The molecular weight excluding hydrogens is 294 g/mol. The van der Waals surface area contributed by atoms with E-state index >= 15 is 0 Å². The van der Waals surface area contributed by atoms with Crippen LogP contribution in [0.1, 0.15) is 0 Å². The predicted octanol–water partition coefficient (Wildman–Crippen LogP) is 1.47. The van der Waals surface area contributed by atoms with Crippen molar-refractivity contribution < 1.29 is 14.2 Å². The van der Waals surface area contributed by atoms with E-state index in [2.05, 4.69) is 31.9 Å². The van der Waals surface area contributed by atoms with Gasteiger partial charge < -0.3 is 14.2 Å². The lowest BCUT2D eigenvalue weighted by molar-refractivity contribution is -0.0931. The first-order chi connectivity index (χ1) is 5.61. The number of ether oxygens (including phenoxy) is 3. The molecule has 0 aromatic rings. The summed E-state index contributed by atoms with van der Waals surface area (Å²) in [5.74, 6) is -0.0101. The van der Waals surface area contributed by atoms with Crippen molar-refractivity contribution in [2.24, 2.45) is 0 Å². The second kappa shape index (κ2) is 4.04. The van der Waals surface area contributed by atoms with Gasteiger partial charge in [-0.2, -0.15) is 0 Å². The van der Waals surface area contributed by atoms with Crippen LogP contribution in [-0.4, -0.2) is 35.7 Å². The van der Waals surface area contributed by atoms with Gasteiger partial charge in [0, 0.05) is 0 Å². The molecule has 2 atom stereocenters. The molecule has 1 rings (SSSR count). The zero-order valence-electron chi connectivity index (χ0n) is 6.47. The Morgan fingerprint density at radius 2 is 2.33 bits per heavy atom. The standard InChI is InChI=1S/C6H9Br2NO3/c1-10-5(9)6(8)4(7)11-2-3-12-6/h4,9H,2-3H2,1H3. The van der Waals surface area contributed by atoms with Crippen LogP contribution in [0.4, 0.5) is 0 Å². The Balaban J connectivity index is 2.72. The van der Waals surface area contributed by atoms with E-state index in [0.29, 0.717) is 13.2 Å². The Labute approximate surface area is 87.3 Å². The van der Waals surface area contributed by atoms with Gasteiger partial charge in [-0.05, 0) is 15.9 Å². The zero-order chi connectivity index (χ0) is 9.19. The first-order valence-electron chi connectivity index (χ1n) is 3.33. The van der Waals surface area contributed by atoms with Crippen LogP contribution in [0.15, 0.2) is 0 Å². The van der Waals surface area contributed by atoms with Gasteiger partial charge in [0.2, 0.25) is 10.4 Å². The van der Waals surface area contributed by atoms with E-state index < -0.39 is 9.52 Å². The van der Waals surface area contributed by atoms with Crippen LogP contribution in [-0.2, 0) is 14.2 Å². The van der Waals surface area contributed by atoms with Crippen LogP contribution in [0.5, 0.6) is 0 Å². The molecule has 0 aliphatic carbocycles. The lowest BCUT2D eigenvalue weighted by Gasteiger charge is -2.35. The minimum absolute atomic E-state index is 0.0101. The fraction of sp³-hybridized carbons (Fsp3) is 0.833. The molecule has 0 bridgehead atoms. The van der Waals surface area contributed by atoms with E-state index in [0.717, 1.165) is 0 Å². The number of alkyl halides is 2. The van der Waals surface area contributed by atoms with Gasteiger partial charge in [0.15, 0.2) is 5.01 Å². The van der Waals surface area contributed by atoms with E-state index in [1.54, 1.807) is 0 Å². The Morgan fingerprint density at radius 1 is 1.67 bits per heavy atom. The van der Waals surface area contributed by atoms with Gasteiger partial charge in [0.25, 0.3) is 0 Å². The Hall–Kier alpha value is 0.350. The molecule has 6 heteroatoms. The molecule has 1 saturated heterocycles. The highest BCUT2D eigenvalue weighted by atomic mass is 79.9. The van der Waals surface area contributed by atoms with Crippen LogP contribution >= 0.6 is 31.9 Å². The van der Waals surface area contributed by atoms with Crippen molar-refractivity contribution in [2.75, 3.05) is 20.3 Å². The van der Waals surface area contributed by atoms with E-state index in [9.17, 15) is 0 Å². The summed E-state index contributed by atoms with van der Waals surface area (Å²) in [4.78, 5) is 0. The smallest absolute Gasteiger partial charge is 0.234 e. The highest BCUT2D eigenvalue weighted by Gasteiger charge is 2.45. The van der Waals surface area contributed by atoms with E-state index in [4.69, 9.17) is 19.6 Å². The summed E-state index contributed by atoms with van der Waals surface area (Å²) in [7, 11) is 1.42. The maximum Gasteiger partial charge on any atom is 0.234 e. The fourth-order valence-corrected chi connectivity index (χ4v) is 1.81. The molecule has 1 N–H and O–H groups in total. The molecular formula is C6H9Br2NO3. The van der Waals surface area contributed by atoms with Crippen LogP contribution in [0, 0.1) is 5.41 Å². The van der Waals surface area contributed by atoms with Gasteiger partial charge in [-0.15, -0.1) is 0 Å². The van der Waals surface area contributed by atoms with Gasteiger partial charge in [0.05, 0.1) is 20.3 Å². The molecule has 0 aromatic carbocycles. The lowest BCUT2D eigenvalue weighted by atomic mass is 10.3. The third-order valence-electron chi connectivity index (χ3n) is 1.47. The third-order valence-corrected chi connectivity index (χ3v) is 3.99. The molecule has 0 saturated carbocycles. The molecule has 0 amide bonds. The Kier molecular flexibility index (Phi) is 3.51. The van der Waals surface area contributed by atoms with Crippen LogP contribution in [0.2, 0.25) is 0 Å². The SMILES string of the molecule is COC(=N)C1(Br)OCCOC1Br. The fourth-order valence-electron chi connectivity index (χ4n) is 0.822. The zero-order valence-corrected chi connectivity index (χ0v) is 9.64. The topological polar surface area (TPSA) is 51.5 Å². The molecule has 0 radical (unpaired) electrons. The highest BCUT2D eigenvalue weighted by molar-refractivity contribution is 9.12. The minimum Gasteiger partial charge on any atom is -0.482 e. The largest absolute Gasteiger partial charge is 0.482 e. The summed E-state index contributed by atoms with van der Waals surface area (Å²) in [6.07, 6.45) is 0. The normalized spacial score (nSPS) is 36.1. The molecule has 70 valence electrons. The maximum absolute atomic E-state index is 7.45. The molecule has 0 spiro atoms. The van der Waals surface area contributed by atoms with E-state index in [-0.39, 0.29) is 5.90 Å². The van der Waals surface area contributed by atoms with E-state index in [1.807, 2.05) is 0 Å². The summed E-state index contributed by atoms with van der Waals surface area (Å²) in [6.45, 7) is 0.958. The van der Waals surface area contributed by atoms with Crippen molar-refractivity contribution in [1.29, 1.82) is 5.41 Å². The maximum atomic E-state index is 7.45. The summed E-state index contributed by atoms with van der Waals surface area (Å²) in [6, 6.07) is 0. The minimum atomic E-state index is -0.986. The quantitative estimate of drug-likeness (QED) is 0.453.